The summed E-state index contributed by atoms with van der Waals surface area (Å²) in [6.45, 7) is 7.17. The minimum atomic E-state index is -0.104. The van der Waals surface area contributed by atoms with E-state index in [0.717, 1.165) is 6.29 Å². The van der Waals surface area contributed by atoms with Crippen molar-refractivity contribution in [2.45, 2.75) is 46.6 Å². The maximum absolute atomic E-state index is 10.4. The van der Waals surface area contributed by atoms with Crippen molar-refractivity contribution in [2.75, 3.05) is 0 Å². The van der Waals surface area contributed by atoms with Gasteiger partial charge >= 0.3 is 5.97 Å². The Morgan fingerprint density at radius 3 is 2.25 bits per heavy atom. The molecule has 1 aliphatic heterocycles. The summed E-state index contributed by atoms with van der Waals surface area (Å²) in [6, 6.07) is 0. The second-order valence-electron chi connectivity index (χ2n) is 4.40. The summed E-state index contributed by atoms with van der Waals surface area (Å²) in [4.78, 5) is 30.6. The van der Waals surface area contributed by atoms with E-state index in [4.69, 9.17) is 4.74 Å². The Kier molecular flexibility index (Phi) is 6.61. The minimum absolute atomic E-state index is 0.0509. The molecule has 0 N–H and O–H groups in total. The first-order valence-corrected chi connectivity index (χ1v) is 5.51. The molecule has 3 atom stereocenters. The Morgan fingerprint density at radius 2 is 2.12 bits per heavy atom. The average molecular weight is 228 g/mol. The maximum atomic E-state index is 10.4. The molecule has 92 valence electrons. The van der Waals surface area contributed by atoms with E-state index >= 15 is 0 Å². The van der Waals surface area contributed by atoms with Crippen LogP contribution in [0.4, 0.5) is 0 Å². The average Bonchev–Trinajstić information content (AvgIpc) is 2.44. The quantitative estimate of drug-likeness (QED) is 0.545. The van der Waals surface area contributed by atoms with Crippen LogP contribution in [0.25, 0.3) is 0 Å². The van der Waals surface area contributed by atoms with Gasteiger partial charge in [0.2, 0.25) is 0 Å². The third kappa shape index (κ3) is 6.32. The molecule has 1 saturated heterocycles. The predicted octanol–water partition coefficient (Wildman–Crippen LogP) is 1.76. The zero-order chi connectivity index (χ0) is 12.7. The van der Waals surface area contributed by atoms with Gasteiger partial charge in [-0.1, -0.05) is 13.8 Å². The van der Waals surface area contributed by atoms with Crippen LogP contribution < -0.4 is 0 Å². The molecule has 0 aromatic carbocycles. The highest BCUT2D eigenvalue weighted by atomic mass is 16.5. The number of Topliss-reactive ketones (excluding diaryl/α,β-unsaturated/α-hetero) is 1. The topological polar surface area (TPSA) is 60.4 Å². The molecule has 0 spiro atoms. The Hall–Kier alpha value is -1.19. The van der Waals surface area contributed by atoms with Crippen LogP contribution in [0.1, 0.15) is 40.5 Å². The summed E-state index contributed by atoms with van der Waals surface area (Å²) in [7, 11) is 0. The summed E-state index contributed by atoms with van der Waals surface area (Å²) < 4.78 is 4.83. The first-order valence-electron chi connectivity index (χ1n) is 5.51. The number of ether oxygens (including phenoxy) is 1. The maximum Gasteiger partial charge on any atom is 0.306 e. The Morgan fingerprint density at radius 1 is 1.56 bits per heavy atom. The fourth-order valence-corrected chi connectivity index (χ4v) is 1.30. The van der Waals surface area contributed by atoms with Crippen LogP contribution in [0.3, 0.4) is 0 Å². The van der Waals surface area contributed by atoms with Crippen molar-refractivity contribution >= 4 is 18.0 Å². The minimum Gasteiger partial charge on any atom is -0.462 e. The molecule has 0 amide bonds. The standard InChI is InChI=1S/2C6H10O2/c1-4-3-6(7)8-5(4)2;1-5(4-7)3-6(2)8/h2*4-5H,3H2,1-2H3. The van der Waals surface area contributed by atoms with Crippen molar-refractivity contribution < 1.29 is 19.1 Å². The van der Waals surface area contributed by atoms with E-state index in [1.807, 2.05) is 13.8 Å². The van der Waals surface area contributed by atoms with Gasteiger partial charge in [0, 0.05) is 18.3 Å². The van der Waals surface area contributed by atoms with Gasteiger partial charge in [0.1, 0.15) is 18.2 Å². The smallest absolute Gasteiger partial charge is 0.306 e. The molecule has 0 aromatic heterocycles. The van der Waals surface area contributed by atoms with Crippen molar-refractivity contribution in [3.8, 4) is 0 Å². The number of hydrogen-bond acceptors (Lipinski definition) is 4. The predicted molar refractivity (Wildman–Crippen MR) is 59.9 cm³/mol. The molecule has 0 aromatic rings. The van der Waals surface area contributed by atoms with Gasteiger partial charge in [-0.05, 0) is 13.8 Å². The van der Waals surface area contributed by atoms with Crippen LogP contribution in [0, 0.1) is 11.8 Å². The second kappa shape index (κ2) is 7.14. The van der Waals surface area contributed by atoms with E-state index in [1.54, 1.807) is 6.92 Å². The highest BCUT2D eigenvalue weighted by molar-refractivity contribution is 5.78. The summed E-state index contributed by atoms with van der Waals surface area (Å²) in [5, 5.41) is 0. The van der Waals surface area contributed by atoms with Crippen LogP contribution in [0.15, 0.2) is 0 Å². The molecule has 0 radical (unpaired) electrons. The van der Waals surface area contributed by atoms with Crippen LogP contribution in [0.5, 0.6) is 0 Å². The Balaban J connectivity index is 0.000000281. The van der Waals surface area contributed by atoms with Crippen LogP contribution in [-0.2, 0) is 19.1 Å². The molecule has 4 nitrogen and oxygen atoms in total. The molecule has 0 bridgehead atoms. The Labute approximate surface area is 96.4 Å². The van der Waals surface area contributed by atoms with Gasteiger partial charge in [-0.2, -0.15) is 0 Å². The van der Waals surface area contributed by atoms with Gasteiger partial charge in [0.25, 0.3) is 0 Å². The lowest BCUT2D eigenvalue weighted by molar-refractivity contribution is -0.140. The summed E-state index contributed by atoms with van der Waals surface area (Å²) in [5.74, 6) is 0.338. The van der Waals surface area contributed by atoms with Crippen molar-refractivity contribution in [2.24, 2.45) is 11.8 Å². The van der Waals surface area contributed by atoms with Crippen molar-refractivity contribution in [3.63, 3.8) is 0 Å². The zero-order valence-corrected chi connectivity index (χ0v) is 10.4. The molecular weight excluding hydrogens is 208 g/mol. The van der Waals surface area contributed by atoms with Gasteiger partial charge in [-0.15, -0.1) is 0 Å². The number of carbonyl (C=O) groups is 3. The molecule has 1 aliphatic rings. The molecule has 16 heavy (non-hydrogen) atoms. The molecule has 1 rings (SSSR count). The van der Waals surface area contributed by atoms with Gasteiger partial charge < -0.3 is 14.3 Å². The number of carbonyl (C=O) groups excluding carboxylic acids is 3. The molecule has 0 saturated carbocycles. The number of cyclic esters (lactones) is 1. The number of esters is 1. The summed E-state index contributed by atoms with van der Waals surface area (Å²) >= 11 is 0. The van der Waals surface area contributed by atoms with Crippen molar-refractivity contribution in [1.29, 1.82) is 0 Å². The number of hydrogen-bond donors (Lipinski definition) is 0. The lowest BCUT2D eigenvalue weighted by Crippen LogP contribution is -2.06. The molecule has 4 heteroatoms. The van der Waals surface area contributed by atoms with Gasteiger partial charge in [-0.3, -0.25) is 4.79 Å². The van der Waals surface area contributed by atoms with Gasteiger partial charge in [0.05, 0.1) is 6.42 Å². The summed E-state index contributed by atoms with van der Waals surface area (Å²) in [6.07, 6.45) is 1.91. The second-order valence-corrected chi connectivity index (χ2v) is 4.40. The van der Waals surface area contributed by atoms with E-state index in [-0.39, 0.29) is 23.8 Å². The van der Waals surface area contributed by atoms with E-state index in [1.165, 1.54) is 6.92 Å². The normalized spacial score (nSPS) is 25.1. The lowest BCUT2D eigenvalue weighted by Gasteiger charge is -2.03. The number of ketones is 1. The third-order valence-corrected chi connectivity index (χ3v) is 2.45. The lowest BCUT2D eigenvalue weighted by atomic mass is 10.1. The van der Waals surface area contributed by atoms with E-state index in [2.05, 4.69) is 0 Å². The fraction of sp³-hybridized carbons (Fsp3) is 0.750. The van der Waals surface area contributed by atoms with E-state index in [9.17, 15) is 14.4 Å². The first-order chi connectivity index (χ1) is 7.36. The van der Waals surface area contributed by atoms with Crippen LogP contribution in [-0.4, -0.2) is 24.1 Å². The SMILES string of the molecule is CC(=O)CC(C)C=O.CC1CC(=O)OC1C. The van der Waals surface area contributed by atoms with Crippen LogP contribution >= 0.6 is 0 Å². The van der Waals surface area contributed by atoms with Gasteiger partial charge in [0.15, 0.2) is 0 Å². The molecule has 1 fully saturated rings. The van der Waals surface area contributed by atoms with Crippen molar-refractivity contribution in [3.05, 3.63) is 0 Å². The fourth-order valence-electron chi connectivity index (χ4n) is 1.30. The zero-order valence-electron chi connectivity index (χ0n) is 10.4. The van der Waals surface area contributed by atoms with E-state index < -0.39 is 0 Å². The summed E-state index contributed by atoms with van der Waals surface area (Å²) in [5.41, 5.74) is 0. The van der Waals surface area contributed by atoms with E-state index in [0.29, 0.717) is 18.8 Å². The third-order valence-electron chi connectivity index (χ3n) is 2.45. The highest BCUT2D eigenvalue weighted by Gasteiger charge is 2.26. The largest absolute Gasteiger partial charge is 0.462 e. The number of rotatable bonds is 3. The van der Waals surface area contributed by atoms with Crippen molar-refractivity contribution in [1.82, 2.24) is 0 Å². The van der Waals surface area contributed by atoms with Gasteiger partial charge in [-0.25, -0.2) is 0 Å². The highest BCUT2D eigenvalue weighted by Crippen LogP contribution is 2.19. The first kappa shape index (κ1) is 14.8. The molecular formula is C12H20O4. The molecule has 0 aliphatic carbocycles. The Bertz CT molecular complexity index is 248. The van der Waals surface area contributed by atoms with Crippen LogP contribution in [0.2, 0.25) is 0 Å². The molecule has 1 heterocycles. The number of aldehydes is 1. The molecule has 3 unspecified atom stereocenters. The monoisotopic (exact) mass is 228 g/mol.